The van der Waals surface area contributed by atoms with Gasteiger partial charge in [0, 0.05) is 16.0 Å². The van der Waals surface area contributed by atoms with Crippen molar-refractivity contribution < 1.29 is 0 Å². The van der Waals surface area contributed by atoms with E-state index in [-0.39, 0.29) is 11.4 Å². The van der Waals surface area contributed by atoms with Crippen molar-refractivity contribution in [1.82, 2.24) is 0 Å². The van der Waals surface area contributed by atoms with Crippen molar-refractivity contribution in [2.24, 2.45) is 0 Å². The number of anilines is 3. The topological polar surface area (TPSA) is 3.24 Å². The predicted molar refractivity (Wildman–Crippen MR) is 156 cm³/mol. The Hall–Kier alpha value is -3.69. The zero-order valence-corrected chi connectivity index (χ0v) is 21.3. The molecule has 0 aromatic heterocycles. The van der Waals surface area contributed by atoms with E-state index in [1.165, 1.54) is 55.1 Å². The van der Waals surface area contributed by atoms with Gasteiger partial charge in [-0.3, -0.25) is 0 Å². The molecule has 3 heteroatoms. The van der Waals surface area contributed by atoms with Gasteiger partial charge in [0.2, 0.25) is 0 Å². The fourth-order valence-corrected chi connectivity index (χ4v) is 7.29. The molecule has 0 radical (unpaired) electrons. The smallest absolute Gasteiger partial charge is 0.281 e. The third-order valence-electron chi connectivity index (χ3n) is 7.74. The molecule has 0 saturated heterocycles. The molecule has 0 spiro atoms. The van der Waals surface area contributed by atoms with Crippen molar-refractivity contribution in [3.8, 4) is 11.1 Å². The van der Waals surface area contributed by atoms with E-state index in [1.54, 1.807) is 0 Å². The molecule has 0 bridgehead atoms. The molecular weight excluding hydrogens is 453 g/mol. The second kappa shape index (κ2) is 8.18. The molecule has 0 atom stereocenters. The molecule has 36 heavy (non-hydrogen) atoms. The second-order valence-corrected chi connectivity index (χ2v) is 11.3. The molecule has 0 N–H and O–H groups in total. The van der Waals surface area contributed by atoms with Crippen LogP contribution in [0.1, 0.15) is 25.0 Å². The van der Waals surface area contributed by atoms with Crippen LogP contribution in [0.4, 0.5) is 17.1 Å². The van der Waals surface area contributed by atoms with Crippen molar-refractivity contribution in [1.29, 1.82) is 0 Å². The number of rotatable bonds is 2. The van der Waals surface area contributed by atoms with Gasteiger partial charge < -0.3 is 4.90 Å². The van der Waals surface area contributed by atoms with Gasteiger partial charge in [-0.15, -0.1) is 0 Å². The van der Waals surface area contributed by atoms with E-state index < -0.39 is 0 Å². The molecule has 5 aromatic carbocycles. The first-order chi connectivity index (χ1) is 17.6. The van der Waals surface area contributed by atoms with E-state index in [1.807, 2.05) is 11.6 Å². The van der Waals surface area contributed by atoms with Crippen molar-refractivity contribution >= 4 is 45.6 Å². The van der Waals surface area contributed by atoms with Crippen molar-refractivity contribution in [3.05, 3.63) is 132 Å². The first kappa shape index (κ1) is 21.6. The van der Waals surface area contributed by atoms with Gasteiger partial charge in [-0.2, -0.15) is 11.6 Å². The van der Waals surface area contributed by atoms with Gasteiger partial charge in [-0.05, 0) is 52.6 Å². The highest BCUT2D eigenvalue weighted by molar-refractivity contribution is 8.28. The lowest BCUT2D eigenvalue weighted by Gasteiger charge is -2.42. The highest BCUT2D eigenvalue weighted by Gasteiger charge is 2.37. The van der Waals surface area contributed by atoms with Gasteiger partial charge in [-0.25, -0.2) is 0 Å². The van der Waals surface area contributed by atoms with E-state index in [0.717, 1.165) is 0 Å². The zero-order valence-electron chi connectivity index (χ0n) is 20.5. The molecule has 7 rings (SSSR count). The highest BCUT2D eigenvalue weighted by Crippen LogP contribution is 2.52. The van der Waals surface area contributed by atoms with Crippen LogP contribution in [0.5, 0.6) is 0 Å². The summed E-state index contributed by atoms with van der Waals surface area (Å²) in [6.45, 7) is 4.68. The molecular formula is C33H26BNS. The summed E-state index contributed by atoms with van der Waals surface area (Å²) in [5.74, 6) is 0.282. The average Bonchev–Trinajstić information content (AvgIpc) is 2.93. The third-order valence-corrected chi connectivity index (χ3v) is 9.11. The maximum Gasteiger partial charge on any atom is 0.281 e. The molecule has 2 aliphatic rings. The molecule has 0 saturated carbocycles. The zero-order chi connectivity index (χ0) is 24.3. The first-order valence-electron chi connectivity index (χ1n) is 12.6. The van der Waals surface area contributed by atoms with Crippen LogP contribution < -0.4 is 15.8 Å². The summed E-state index contributed by atoms with van der Waals surface area (Å²) in [4.78, 5) is 3.80. The van der Waals surface area contributed by atoms with Gasteiger partial charge in [0.05, 0.1) is 11.4 Å². The Morgan fingerprint density at radius 3 is 1.94 bits per heavy atom. The number of fused-ring (bicyclic) bond motifs is 5. The Bertz CT molecular complexity index is 1560. The van der Waals surface area contributed by atoms with Gasteiger partial charge >= 0.3 is 0 Å². The van der Waals surface area contributed by atoms with E-state index >= 15 is 0 Å². The molecule has 5 aromatic rings. The van der Waals surface area contributed by atoms with Crippen LogP contribution in [-0.2, 0) is 5.41 Å². The van der Waals surface area contributed by atoms with Crippen LogP contribution in [0.2, 0.25) is 0 Å². The Labute approximate surface area is 217 Å². The van der Waals surface area contributed by atoms with Crippen molar-refractivity contribution in [3.63, 3.8) is 0 Å². The summed E-state index contributed by atoms with van der Waals surface area (Å²) in [6, 6.07) is 44.6. The number of hydrogen-bond acceptors (Lipinski definition) is 2. The average molecular weight is 479 g/mol. The van der Waals surface area contributed by atoms with Crippen LogP contribution in [0.15, 0.2) is 126 Å². The SMILES string of the molecule is CC1(C)c2ccccc2N(c2ccc3c(c2)-c2ccccc2SB3c2ccccc2)c2ccccc21. The van der Waals surface area contributed by atoms with Gasteiger partial charge in [0.15, 0.2) is 0 Å². The minimum Gasteiger partial charge on any atom is -0.310 e. The number of nitrogens with zero attached hydrogens (tertiary/aromatic N) is 1. The van der Waals surface area contributed by atoms with Gasteiger partial charge in [0.25, 0.3) is 5.99 Å². The fraction of sp³-hybridized carbons (Fsp3) is 0.0909. The summed E-state index contributed by atoms with van der Waals surface area (Å²) >= 11 is 1.96. The molecule has 2 heterocycles. The lowest BCUT2D eigenvalue weighted by Crippen LogP contribution is -2.42. The maximum absolute atomic E-state index is 2.46. The Balaban J connectivity index is 1.46. The largest absolute Gasteiger partial charge is 0.310 e. The molecule has 2 aliphatic heterocycles. The first-order valence-corrected chi connectivity index (χ1v) is 13.4. The van der Waals surface area contributed by atoms with Gasteiger partial charge in [-0.1, -0.05) is 116 Å². The predicted octanol–water partition coefficient (Wildman–Crippen LogP) is 7.67. The Morgan fingerprint density at radius 1 is 0.611 bits per heavy atom. The van der Waals surface area contributed by atoms with Crippen molar-refractivity contribution in [2.45, 2.75) is 24.2 Å². The summed E-state index contributed by atoms with van der Waals surface area (Å²) < 4.78 is 0. The minimum atomic E-state index is -0.0560. The molecule has 0 unspecified atom stereocenters. The summed E-state index contributed by atoms with van der Waals surface area (Å²) in [6.07, 6.45) is 0. The minimum absolute atomic E-state index is 0.0560. The van der Waals surface area contributed by atoms with Crippen LogP contribution >= 0.6 is 11.6 Å². The van der Waals surface area contributed by atoms with Gasteiger partial charge in [0.1, 0.15) is 0 Å². The molecule has 1 nitrogen and oxygen atoms in total. The lowest BCUT2D eigenvalue weighted by atomic mass is 9.59. The fourth-order valence-electron chi connectivity index (χ4n) is 5.95. The lowest BCUT2D eigenvalue weighted by molar-refractivity contribution is 0.632. The molecule has 172 valence electrons. The van der Waals surface area contributed by atoms with E-state index in [4.69, 9.17) is 0 Å². The van der Waals surface area contributed by atoms with E-state index in [0.29, 0.717) is 0 Å². The highest BCUT2D eigenvalue weighted by atomic mass is 32.2. The third kappa shape index (κ3) is 3.19. The summed E-state index contributed by atoms with van der Waals surface area (Å²) in [7, 11) is 0. The quantitative estimate of drug-likeness (QED) is 0.239. The normalized spacial score (nSPS) is 14.9. The molecule has 0 aliphatic carbocycles. The monoisotopic (exact) mass is 479 g/mol. The number of hydrogen-bond donors (Lipinski definition) is 0. The van der Waals surface area contributed by atoms with Crippen molar-refractivity contribution in [2.75, 3.05) is 4.90 Å². The number of para-hydroxylation sites is 2. The van der Waals surface area contributed by atoms with Crippen LogP contribution in [0.3, 0.4) is 0 Å². The standard InChI is InChI=1S/C33H26BNS/c1-33(2)27-15-7-9-17-30(27)35(31-18-10-8-16-28(31)33)24-20-21-29-26(22-24)25-14-6-11-19-32(25)36-34(29)23-12-4-3-5-13-23/h3-22H,1-2H3. The molecule has 0 amide bonds. The van der Waals surface area contributed by atoms with Crippen LogP contribution in [0, 0.1) is 0 Å². The second-order valence-electron chi connectivity index (χ2n) is 10.2. The summed E-state index contributed by atoms with van der Waals surface area (Å²) in [5, 5.41) is 0. The maximum atomic E-state index is 2.46. The van der Waals surface area contributed by atoms with Crippen LogP contribution in [0.25, 0.3) is 11.1 Å². The van der Waals surface area contributed by atoms with Crippen LogP contribution in [-0.4, -0.2) is 5.99 Å². The Kier molecular flexibility index (Phi) is 4.90. The molecule has 0 fully saturated rings. The number of benzene rings is 5. The Morgan fingerprint density at radius 2 is 1.22 bits per heavy atom. The summed E-state index contributed by atoms with van der Waals surface area (Å²) in [5.41, 5.74) is 11.8. The van der Waals surface area contributed by atoms with E-state index in [9.17, 15) is 0 Å². The van der Waals surface area contributed by atoms with E-state index in [2.05, 4.69) is 140 Å².